The molecule has 2 amide bonds. The highest BCUT2D eigenvalue weighted by Gasteiger charge is 2.17. The molecule has 9 heteroatoms. The van der Waals surface area contributed by atoms with E-state index in [9.17, 15) is 14.0 Å². The molecule has 0 atom stereocenters. The van der Waals surface area contributed by atoms with Gasteiger partial charge < -0.3 is 10.4 Å². The van der Waals surface area contributed by atoms with Crippen LogP contribution in [0, 0.1) is 5.82 Å². The number of halogens is 4. The Hall–Kier alpha value is -1.50. The number of aromatic carboxylic acids is 1. The lowest BCUT2D eigenvalue weighted by molar-refractivity contribution is 0.0693. The molecule has 0 unspecified atom stereocenters. The number of carbonyl (C=O) groups is 2. The number of hydrogen-bond acceptors (Lipinski definition) is 2. The molecule has 0 aliphatic carbocycles. The minimum atomic E-state index is -1.52. The molecule has 0 aliphatic rings. The van der Waals surface area contributed by atoms with Gasteiger partial charge in [-0.3, -0.25) is 5.32 Å². The molecule has 1 aromatic carbocycles. The van der Waals surface area contributed by atoms with E-state index in [0.29, 0.717) is 0 Å². The Morgan fingerprint density at radius 3 is 2.37 bits per heavy atom. The minimum absolute atomic E-state index is 0.236. The van der Waals surface area contributed by atoms with Crippen molar-refractivity contribution in [2.24, 2.45) is 0 Å². The SMILES string of the molecule is O=C(NC(Cl)=C(Cl)Cl)Nc1cccc(F)c1C(=O)O. The lowest BCUT2D eigenvalue weighted by Gasteiger charge is -2.09. The van der Waals surface area contributed by atoms with Gasteiger partial charge in [0.2, 0.25) is 0 Å². The second kappa shape index (κ2) is 6.60. The summed E-state index contributed by atoms with van der Waals surface area (Å²) in [6.45, 7) is 0. The van der Waals surface area contributed by atoms with E-state index >= 15 is 0 Å². The Morgan fingerprint density at radius 2 is 1.84 bits per heavy atom. The maximum Gasteiger partial charge on any atom is 0.340 e. The van der Waals surface area contributed by atoms with E-state index in [4.69, 9.17) is 39.9 Å². The monoisotopic (exact) mass is 326 g/mol. The Morgan fingerprint density at radius 1 is 1.21 bits per heavy atom. The number of carbonyl (C=O) groups excluding carboxylic acids is 1. The van der Waals surface area contributed by atoms with E-state index in [2.05, 4.69) is 5.32 Å². The van der Waals surface area contributed by atoms with Crippen LogP contribution in [0.25, 0.3) is 0 Å². The highest BCUT2D eigenvalue weighted by Crippen LogP contribution is 2.19. The number of rotatable bonds is 3. The first-order chi connectivity index (χ1) is 8.82. The second-order valence-corrected chi connectivity index (χ2v) is 4.45. The van der Waals surface area contributed by atoms with Crippen molar-refractivity contribution in [1.29, 1.82) is 0 Å². The van der Waals surface area contributed by atoms with E-state index in [0.717, 1.165) is 6.07 Å². The summed E-state index contributed by atoms with van der Waals surface area (Å²) >= 11 is 16.1. The summed E-state index contributed by atoms with van der Waals surface area (Å²) in [4.78, 5) is 22.3. The van der Waals surface area contributed by atoms with Gasteiger partial charge in [-0.2, -0.15) is 0 Å². The van der Waals surface area contributed by atoms with Gasteiger partial charge in [0, 0.05) is 0 Å². The molecule has 3 N–H and O–H groups in total. The Kier molecular flexibility index (Phi) is 5.41. The van der Waals surface area contributed by atoms with Crippen LogP contribution in [0.1, 0.15) is 10.4 Å². The number of hydrogen-bond donors (Lipinski definition) is 3. The van der Waals surface area contributed by atoms with Crippen molar-refractivity contribution in [2.75, 3.05) is 5.32 Å². The van der Waals surface area contributed by atoms with Crippen LogP contribution >= 0.6 is 34.8 Å². The lowest BCUT2D eigenvalue weighted by atomic mass is 10.1. The van der Waals surface area contributed by atoms with Gasteiger partial charge in [0.15, 0.2) is 0 Å². The predicted molar refractivity (Wildman–Crippen MR) is 70.1 cm³/mol. The molecular formula is C10H6Cl3FN2O3. The fourth-order valence-electron chi connectivity index (χ4n) is 1.15. The summed E-state index contributed by atoms with van der Waals surface area (Å²) in [6.07, 6.45) is 0. The normalized spacial score (nSPS) is 9.68. The highest BCUT2D eigenvalue weighted by atomic mass is 35.5. The number of anilines is 1. The molecule has 102 valence electrons. The molecule has 5 nitrogen and oxygen atoms in total. The largest absolute Gasteiger partial charge is 0.478 e. The van der Waals surface area contributed by atoms with Crippen LogP contribution < -0.4 is 10.6 Å². The molecule has 0 radical (unpaired) electrons. The van der Waals surface area contributed by atoms with E-state index < -0.39 is 23.4 Å². The molecule has 0 aromatic heterocycles. The van der Waals surface area contributed by atoms with Crippen molar-refractivity contribution in [3.63, 3.8) is 0 Å². The molecule has 19 heavy (non-hydrogen) atoms. The van der Waals surface area contributed by atoms with Gasteiger partial charge in [0.1, 0.15) is 21.0 Å². The fraction of sp³-hybridized carbons (Fsp3) is 0. The zero-order valence-corrected chi connectivity index (χ0v) is 11.3. The predicted octanol–water partition coefficient (Wildman–Crippen LogP) is 3.49. The van der Waals surface area contributed by atoms with Crippen molar-refractivity contribution in [3.8, 4) is 0 Å². The first kappa shape index (κ1) is 15.6. The smallest absolute Gasteiger partial charge is 0.340 e. The van der Waals surface area contributed by atoms with Gasteiger partial charge in [-0.1, -0.05) is 40.9 Å². The molecular weight excluding hydrogens is 321 g/mol. The van der Waals surface area contributed by atoms with Crippen molar-refractivity contribution >= 4 is 52.5 Å². The van der Waals surface area contributed by atoms with Gasteiger partial charge in [-0.05, 0) is 12.1 Å². The van der Waals surface area contributed by atoms with Crippen LogP contribution in [0.2, 0.25) is 0 Å². The highest BCUT2D eigenvalue weighted by molar-refractivity contribution is 6.59. The molecule has 0 fully saturated rings. The first-order valence-electron chi connectivity index (χ1n) is 4.63. The molecule has 0 saturated carbocycles. The number of carboxylic acid groups (broad SMARTS) is 1. The van der Waals surface area contributed by atoms with Crippen LogP contribution in [0.4, 0.5) is 14.9 Å². The standard InChI is InChI=1S/C10H6Cl3FN2O3/c11-7(12)8(13)16-10(19)15-5-3-1-2-4(14)6(5)9(17)18/h1-3H,(H,17,18)(H2,15,16,19). The Bertz CT molecular complexity index is 559. The van der Waals surface area contributed by atoms with Gasteiger partial charge in [-0.15, -0.1) is 0 Å². The van der Waals surface area contributed by atoms with Gasteiger partial charge in [0.25, 0.3) is 0 Å². The summed E-state index contributed by atoms with van der Waals surface area (Å²) in [5, 5.41) is 12.6. The van der Waals surface area contributed by atoms with Crippen molar-refractivity contribution in [1.82, 2.24) is 5.32 Å². The van der Waals surface area contributed by atoms with Crippen LogP contribution in [0.3, 0.4) is 0 Å². The molecule has 0 bridgehead atoms. The summed E-state index contributed by atoms with van der Waals surface area (Å²) < 4.78 is 12.9. The molecule has 0 heterocycles. The molecule has 1 aromatic rings. The summed E-state index contributed by atoms with van der Waals surface area (Å²) in [5.74, 6) is -2.51. The lowest BCUT2D eigenvalue weighted by Crippen LogP contribution is -2.27. The maximum absolute atomic E-state index is 13.3. The maximum atomic E-state index is 13.3. The number of benzene rings is 1. The number of amides is 2. The van der Waals surface area contributed by atoms with E-state index in [-0.39, 0.29) is 15.3 Å². The van der Waals surface area contributed by atoms with Crippen LogP contribution in [-0.4, -0.2) is 17.1 Å². The number of urea groups is 1. The van der Waals surface area contributed by atoms with E-state index in [1.165, 1.54) is 12.1 Å². The van der Waals surface area contributed by atoms with Crippen LogP contribution in [0.5, 0.6) is 0 Å². The average molecular weight is 328 g/mol. The average Bonchev–Trinajstić information content (AvgIpc) is 2.27. The molecule has 0 aliphatic heterocycles. The third-order valence-electron chi connectivity index (χ3n) is 1.86. The Labute approximate surface area is 121 Å². The third-order valence-corrected chi connectivity index (χ3v) is 2.72. The Balaban J connectivity index is 2.95. The fourth-order valence-corrected chi connectivity index (χ4v) is 1.33. The van der Waals surface area contributed by atoms with Crippen LogP contribution in [0.15, 0.2) is 27.8 Å². The first-order valence-corrected chi connectivity index (χ1v) is 5.77. The number of carboxylic acids is 1. The number of nitrogens with one attached hydrogen (secondary N) is 2. The summed E-state index contributed by atoms with van der Waals surface area (Å²) in [6, 6.07) is 2.49. The summed E-state index contributed by atoms with van der Waals surface area (Å²) in [7, 11) is 0. The van der Waals surface area contributed by atoms with Crippen molar-refractivity contribution < 1.29 is 19.1 Å². The zero-order chi connectivity index (χ0) is 14.6. The van der Waals surface area contributed by atoms with E-state index in [1.807, 2.05) is 5.32 Å². The second-order valence-electron chi connectivity index (χ2n) is 3.12. The van der Waals surface area contributed by atoms with Gasteiger partial charge in [-0.25, -0.2) is 14.0 Å². The van der Waals surface area contributed by atoms with Crippen LogP contribution in [-0.2, 0) is 0 Å². The summed E-state index contributed by atoms with van der Waals surface area (Å²) in [5.41, 5.74) is -0.908. The zero-order valence-electron chi connectivity index (χ0n) is 9.01. The van der Waals surface area contributed by atoms with E-state index in [1.54, 1.807) is 0 Å². The molecule has 0 saturated heterocycles. The molecule has 1 rings (SSSR count). The van der Waals surface area contributed by atoms with Gasteiger partial charge >= 0.3 is 12.0 Å². The minimum Gasteiger partial charge on any atom is -0.478 e. The third kappa shape index (κ3) is 4.27. The van der Waals surface area contributed by atoms with Crippen molar-refractivity contribution in [3.05, 3.63) is 39.2 Å². The van der Waals surface area contributed by atoms with Crippen molar-refractivity contribution in [2.45, 2.75) is 0 Å². The quantitative estimate of drug-likeness (QED) is 0.744. The van der Waals surface area contributed by atoms with Gasteiger partial charge in [0.05, 0.1) is 5.69 Å². The topological polar surface area (TPSA) is 78.4 Å². The molecule has 0 spiro atoms.